The van der Waals surface area contributed by atoms with E-state index in [0.717, 1.165) is 17.9 Å². The number of rotatable bonds is 3. The standard InChI is InChI=1S/C31H22N2/c1-3-9-21(10-4-1)28-20-33(25-14-5-2-6-15-25)32-31(28)27-19-24-13-7-11-22-17-18-23-12-8-16-26(27)30(23)29(22)24/h1-19,28H,20H2. The lowest BCUT2D eigenvalue weighted by Crippen LogP contribution is -2.18. The second-order valence-corrected chi connectivity index (χ2v) is 8.84. The first kappa shape index (κ1) is 18.4. The smallest absolute Gasteiger partial charge is 0.0781 e. The van der Waals surface area contributed by atoms with Crippen molar-refractivity contribution < 1.29 is 0 Å². The molecule has 7 rings (SSSR count). The van der Waals surface area contributed by atoms with E-state index >= 15 is 0 Å². The van der Waals surface area contributed by atoms with Crippen LogP contribution in [0.1, 0.15) is 17.0 Å². The molecule has 156 valence electrons. The van der Waals surface area contributed by atoms with E-state index in [1.807, 2.05) is 0 Å². The second kappa shape index (κ2) is 7.18. The summed E-state index contributed by atoms with van der Waals surface area (Å²) in [6.45, 7) is 0.836. The molecular formula is C31H22N2. The molecule has 0 saturated heterocycles. The normalized spacial score (nSPS) is 16.2. The van der Waals surface area contributed by atoms with Crippen molar-refractivity contribution in [3.05, 3.63) is 126 Å². The van der Waals surface area contributed by atoms with Gasteiger partial charge in [0.15, 0.2) is 0 Å². The third-order valence-electron chi connectivity index (χ3n) is 6.95. The van der Waals surface area contributed by atoms with E-state index in [9.17, 15) is 0 Å². The zero-order valence-electron chi connectivity index (χ0n) is 18.1. The van der Waals surface area contributed by atoms with Gasteiger partial charge in [0.2, 0.25) is 0 Å². The summed E-state index contributed by atoms with van der Waals surface area (Å²) in [6.07, 6.45) is 0. The van der Waals surface area contributed by atoms with Gasteiger partial charge < -0.3 is 0 Å². The molecule has 0 bridgehead atoms. The van der Waals surface area contributed by atoms with Crippen LogP contribution in [0.3, 0.4) is 0 Å². The van der Waals surface area contributed by atoms with Crippen molar-refractivity contribution in [1.82, 2.24) is 0 Å². The van der Waals surface area contributed by atoms with E-state index in [4.69, 9.17) is 5.10 Å². The number of hydrazone groups is 1. The monoisotopic (exact) mass is 422 g/mol. The lowest BCUT2D eigenvalue weighted by molar-refractivity contribution is 0.851. The minimum atomic E-state index is 0.206. The Morgan fingerprint density at radius 1 is 0.606 bits per heavy atom. The molecule has 0 saturated carbocycles. The quantitative estimate of drug-likeness (QED) is 0.268. The van der Waals surface area contributed by atoms with Crippen LogP contribution in [-0.2, 0) is 0 Å². The Balaban J connectivity index is 1.52. The van der Waals surface area contributed by atoms with Crippen LogP contribution in [0.5, 0.6) is 0 Å². The van der Waals surface area contributed by atoms with Crippen molar-refractivity contribution >= 4 is 43.7 Å². The van der Waals surface area contributed by atoms with Gasteiger partial charge in [-0.15, -0.1) is 0 Å². The predicted molar refractivity (Wildman–Crippen MR) is 140 cm³/mol. The van der Waals surface area contributed by atoms with E-state index in [2.05, 4.69) is 120 Å². The van der Waals surface area contributed by atoms with Gasteiger partial charge in [0, 0.05) is 11.5 Å². The molecule has 0 amide bonds. The molecule has 2 heteroatoms. The van der Waals surface area contributed by atoms with E-state index in [1.165, 1.54) is 43.4 Å². The van der Waals surface area contributed by atoms with Crippen LogP contribution in [0, 0.1) is 0 Å². The number of nitrogens with zero attached hydrogens (tertiary/aromatic N) is 2. The maximum absolute atomic E-state index is 5.25. The summed E-state index contributed by atoms with van der Waals surface area (Å²) < 4.78 is 0. The van der Waals surface area contributed by atoms with Crippen molar-refractivity contribution in [3.63, 3.8) is 0 Å². The van der Waals surface area contributed by atoms with Gasteiger partial charge >= 0.3 is 0 Å². The Morgan fingerprint density at radius 2 is 1.27 bits per heavy atom. The van der Waals surface area contributed by atoms with E-state index in [0.29, 0.717) is 0 Å². The molecule has 0 fully saturated rings. The zero-order chi connectivity index (χ0) is 21.8. The first-order valence-electron chi connectivity index (χ1n) is 11.5. The van der Waals surface area contributed by atoms with Gasteiger partial charge in [0.1, 0.15) is 0 Å². The summed E-state index contributed by atoms with van der Waals surface area (Å²) in [6, 6.07) is 41.4. The first-order valence-corrected chi connectivity index (χ1v) is 11.5. The SMILES string of the molecule is c1ccc(C2CN(c3ccccc3)N=C2c2cc3cccc4ccc5cccc2c5c43)cc1. The fraction of sp³-hybridized carbons (Fsp3) is 0.0645. The Morgan fingerprint density at radius 3 is 2.06 bits per heavy atom. The number of hydrogen-bond acceptors (Lipinski definition) is 2. The van der Waals surface area contributed by atoms with Gasteiger partial charge in [-0.05, 0) is 56.1 Å². The highest BCUT2D eigenvalue weighted by molar-refractivity contribution is 6.29. The minimum Gasteiger partial charge on any atom is -0.264 e. The Kier molecular flexibility index (Phi) is 4.00. The minimum absolute atomic E-state index is 0.206. The lowest BCUT2D eigenvalue weighted by Gasteiger charge is -2.18. The molecule has 0 aliphatic carbocycles. The van der Waals surface area contributed by atoms with Crippen LogP contribution < -0.4 is 5.01 Å². The summed E-state index contributed by atoms with van der Waals surface area (Å²) in [5.74, 6) is 0.206. The summed E-state index contributed by atoms with van der Waals surface area (Å²) >= 11 is 0. The highest BCUT2D eigenvalue weighted by Gasteiger charge is 2.31. The van der Waals surface area contributed by atoms with Crippen molar-refractivity contribution in [3.8, 4) is 0 Å². The summed E-state index contributed by atoms with van der Waals surface area (Å²) in [5, 5.41) is 15.2. The average Bonchev–Trinajstić information content (AvgIpc) is 3.34. The fourth-order valence-electron chi connectivity index (χ4n) is 5.43. The number of hydrogen-bond donors (Lipinski definition) is 0. The predicted octanol–water partition coefficient (Wildman–Crippen LogP) is 7.59. The number of anilines is 1. The molecule has 1 atom stereocenters. The van der Waals surface area contributed by atoms with Gasteiger partial charge in [0.25, 0.3) is 0 Å². The highest BCUT2D eigenvalue weighted by Crippen LogP contribution is 2.40. The molecule has 1 aliphatic heterocycles. The molecule has 0 aromatic heterocycles. The second-order valence-electron chi connectivity index (χ2n) is 8.84. The molecule has 0 radical (unpaired) electrons. The molecule has 1 unspecified atom stereocenters. The van der Waals surface area contributed by atoms with Gasteiger partial charge in [0.05, 0.1) is 17.9 Å². The summed E-state index contributed by atoms with van der Waals surface area (Å²) in [4.78, 5) is 0. The molecular weight excluding hydrogens is 400 g/mol. The molecule has 33 heavy (non-hydrogen) atoms. The van der Waals surface area contributed by atoms with Crippen LogP contribution in [0.2, 0.25) is 0 Å². The van der Waals surface area contributed by atoms with E-state index in [-0.39, 0.29) is 5.92 Å². The van der Waals surface area contributed by atoms with Crippen LogP contribution in [0.4, 0.5) is 5.69 Å². The van der Waals surface area contributed by atoms with Gasteiger partial charge in [-0.3, -0.25) is 5.01 Å². The van der Waals surface area contributed by atoms with Crippen LogP contribution in [-0.4, -0.2) is 12.3 Å². The first-order chi connectivity index (χ1) is 16.4. The van der Waals surface area contributed by atoms with Gasteiger partial charge in [-0.1, -0.05) is 97.1 Å². The Bertz CT molecular complexity index is 1630. The largest absolute Gasteiger partial charge is 0.264 e. The molecule has 1 heterocycles. The third-order valence-corrected chi connectivity index (χ3v) is 6.95. The topological polar surface area (TPSA) is 15.6 Å². The molecule has 2 nitrogen and oxygen atoms in total. The third kappa shape index (κ3) is 2.84. The summed E-state index contributed by atoms with van der Waals surface area (Å²) in [5.41, 5.74) is 4.81. The summed E-state index contributed by atoms with van der Waals surface area (Å²) in [7, 11) is 0. The Hall–Kier alpha value is -4.17. The maximum atomic E-state index is 5.25. The molecule has 0 spiro atoms. The Labute approximate surface area is 192 Å². The maximum Gasteiger partial charge on any atom is 0.0781 e. The van der Waals surface area contributed by atoms with Crippen molar-refractivity contribution in [1.29, 1.82) is 0 Å². The van der Waals surface area contributed by atoms with Crippen molar-refractivity contribution in [2.75, 3.05) is 11.6 Å². The lowest BCUT2D eigenvalue weighted by atomic mass is 9.85. The van der Waals surface area contributed by atoms with Crippen LogP contribution >= 0.6 is 0 Å². The van der Waals surface area contributed by atoms with Crippen molar-refractivity contribution in [2.45, 2.75) is 5.92 Å². The van der Waals surface area contributed by atoms with Gasteiger partial charge in [-0.25, -0.2) is 0 Å². The van der Waals surface area contributed by atoms with Crippen LogP contribution in [0.15, 0.2) is 120 Å². The van der Waals surface area contributed by atoms with Crippen molar-refractivity contribution in [2.24, 2.45) is 5.10 Å². The molecule has 1 aliphatic rings. The van der Waals surface area contributed by atoms with E-state index in [1.54, 1.807) is 0 Å². The zero-order valence-corrected chi connectivity index (χ0v) is 18.1. The van der Waals surface area contributed by atoms with E-state index < -0.39 is 0 Å². The highest BCUT2D eigenvalue weighted by atomic mass is 15.5. The molecule has 6 aromatic carbocycles. The molecule has 6 aromatic rings. The number of benzene rings is 6. The molecule has 0 N–H and O–H groups in total. The number of para-hydroxylation sites is 1. The van der Waals surface area contributed by atoms with Gasteiger partial charge in [-0.2, -0.15) is 5.10 Å². The fourth-order valence-corrected chi connectivity index (χ4v) is 5.43. The average molecular weight is 423 g/mol. The van der Waals surface area contributed by atoms with Crippen LogP contribution in [0.25, 0.3) is 32.3 Å².